The van der Waals surface area contributed by atoms with E-state index in [1.54, 1.807) is 0 Å². The Morgan fingerprint density at radius 1 is 1.31 bits per heavy atom. The number of rotatable bonds is 4. The van der Waals surface area contributed by atoms with Crippen LogP contribution in [0, 0.1) is 0 Å². The van der Waals surface area contributed by atoms with Gasteiger partial charge in [0.15, 0.2) is 0 Å². The maximum absolute atomic E-state index is 9.61. The largest absolute Gasteiger partial charge is 0.388 e. The van der Waals surface area contributed by atoms with Crippen molar-refractivity contribution in [3.05, 3.63) is 35.9 Å². The molecule has 0 saturated carbocycles. The second-order valence-corrected chi connectivity index (χ2v) is 2.82. The van der Waals surface area contributed by atoms with Crippen molar-refractivity contribution in [3.63, 3.8) is 0 Å². The van der Waals surface area contributed by atoms with E-state index in [1.165, 1.54) is 0 Å². The first kappa shape index (κ1) is 13.2. The molecule has 0 aliphatic carbocycles. The fourth-order valence-electron chi connectivity index (χ4n) is 1.12. The van der Waals surface area contributed by atoms with Crippen LogP contribution < -0.4 is 5.32 Å². The summed E-state index contributed by atoms with van der Waals surface area (Å²) >= 11 is 0. The molecule has 0 saturated heterocycles. The predicted octanol–water partition coefficient (Wildman–Crippen LogP) is 1.33. The third kappa shape index (κ3) is 4.87. The van der Waals surface area contributed by atoms with Gasteiger partial charge in [-0.25, -0.2) is 0 Å². The van der Waals surface area contributed by atoms with Crippen molar-refractivity contribution in [2.45, 2.75) is 12.5 Å². The molecule has 69 valence electrons. The van der Waals surface area contributed by atoms with E-state index < -0.39 is 0 Å². The van der Waals surface area contributed by atoms with E-state index in [4.69, 9.17) is 0 Å². The molecular weight excluding hydrogens is 239 g/mol. The van der Waals surface area contributed by atoms with Crippen LogP contribution >= 0.6 is 0 Å². The first-order valence-corrected chi connectivity index (χ1v) is 4.22. The fourth-order valence-corrected chi connectivity index (χ4v) is 1.12. The molecule has 0 fully saturated rings. The van der Waals surface area contributed by atoms with E-state index in [0.717, 1.165) is 18.5 Å². The SMILES string of the molecule is CNCCC(O)c1ccccc1.[Y]. The van der Waals surface area contributed by atoms with Crippen molar-refractivity contribution in [3.8, 4) is 0 Å². The van der Waals surface area contributed by atoms with E-state index in [1.807, 2.05) is 37.4 Å². The Kier molecular flexibility index (Phi) is 7.77. The zero-order valence-corrected chi connectivity index (χ0v) is 10.7. The molecule has 0 heterocycles. The molecule has 13 heavy (non-hydrogen) atoms. The maximum Gasteiger partial charge on any atom is 0.0802 e. The number of hydrogen-bond donors (Lipinski definition) is 2. The van der Waals surface area contributed by atoms with Crippen molar-refractivity contribution < 1.29 is 37.8 Å². The Bertz CT molecular complexity index is 215. The Morgan fingerprint density at radius 2 is 1.92 bits per heavy atom. The van der Waals surface area contributed by atoms with Gasteiger partial charge in [-0.1, -0.05) is 30.3 Å². The summed E-state index contributed by atoms with van der Waals surface area (Å²) in [6, 6.07) is 9.73. The summed E-state index contributed by atoms with van der Waals surface area (Å²) in [5, 5.41) is 12.6. The fraction of sp³-hybridized carbons (Fsp3) is 0.400. The van der Waals surface area contributed by atoms with Gasteiger partial charge in [0.25, 0.3) is 0 Å². The molecule has 2 N–H and O–H groups in total. The van der Waals surface area contributed by atoms with Gasteiger partial charge in [-0.15, -0.1) is 0 Å². The van der Waals surface area contributed by atoms with Gasteiger partial charge in [-0.05, 0) is 25.6 Å². The molecular formula is C10H15NOY. The van der Waals surface area contributed by atoms with Gasteiger partial charge < -0.3 is 10.4 Å². The zero-order chi connectivity index (χ0) is 8.81. The molecule has 3 heteroatoms. The Labute approximate surface area is 105 Å². The molecule has 0 spiro atoms. The van der Waals surface area contributed by atoms with Crippen LogP contribution in [-0.4, -0.2) is 18.7 Å². The number of benzene rings is 1. The van der Waals surface area contributed by atoms with Crippen molar-refractivity contribution in [2.75, 3.05) is 13.6 Å². The third-order valence-electron chi connectivity index (χ3n) is 1.85. The van der Waals surface area contributed by atoms with E-state index in [2.05, 4.69) is 5.32 Å². The van der Waals surface area contributed by atoms with Gasteiger partial charge in [0.1, 0.15) is 0 Å². The van der Waals surface area contributed by atoms with Gasteiger partial charge in [-0.2, -0.15) is 0 Å². The molecule has 0 aliphatic heterocycles. The van der Waals surface area contributed by atoms with E-state index in [0.29, 0.717) is 0 Å². The molecule has 0 aromatic heterocycles. The minimum absolute atomic E-state index is 0. The van der Waals surface area contributed by atoms with E-state index >= 15 is 0 Å². The van der Waals surface area contributed by atoms with Crippen LogP contribution in [0.15, 0.2) is 30.3 Å². The number of aliphatic hydroxyl groups is 1. The second kappa shape index (κ2) is 7.63. The Morgan fingerprint density at radius 3 is 2.46 bits per heavy atom. The molecule has 1 aromatic rings. The summed E-state index contributed by atoms with van der Waals surface area (Å²) in [7, 11) is 1.89. The van der Waals surface area contributed by atoms with E-state index in [9.17, 15) is 5.11 Å². The van der Waals surface area contributed by atoms with Crippen molar-refractivity contribution >= 4 is 0 Å². The normalized spacial score (nSPS) is 11.8. The molecule has 0 amide bonds. The summed E-state index contributed by atoms with van der Waals surface area (Å²) in [6.45, 7) is 0.843. The van der Waals surface area contributed by atoms with Crippen LogP contribution in [0.5, 0.6) is 0 Å². The number of nitrogens with one attached hydrogen (secondary N) is 1. The smallest absolute Gasteiger partial charge is 0.0802 e. The molecule has 0 bridgehead atoms. The summed E-state index contributed by atoms with van der Waals surface area (Å²) in [4.78, 5) is 0. The van der Waals surface area contributed by atoms with Crippen LogP contribution in [0.25, 0.3) is 0 Å². The zero-order valence-electron chi connectivity index (χ0n) is 7.90. The van der Waals surface area contributed by atoms with Gasteiger partial charge in [-0.3, -0.25) is 0 Å². The van der Waals surface area contributed by atoms with Crippen molar-refractivity contribution in [1.29, 1.82) is 0 Å². The quantitative estimate of drug-likeness (QED) is 0.849. The second-order valence-electron chi connectivity index (χ2n) is 2.82. The van der Waals surface area contributed by atoms with E-state index in [-0.39, 0.29) is 38.8 Å². The standard InChI is InChI=1S/C10H15NO.Y/c1-11-8-7-10(12)9-5-3-2-4-6-9;/h2-6,10-12H,7-8H2,1H3;. The van der Waals surface area contributed by atoms with Gasteiger partial charge in [0, 0.05) is 32.7 Å². The average molecular weight is 254 g/mol. The van der Waals surface area contributed by atoms with Crippen LogP contribution in [0.2, 0.25) is 0 Å². The predicted molar refractivity (Wildman–Crippen MR) is 49.9 cm³/mol. The molecule has 1 aromatic carbocycles. The Hall–Kier alpha value is 0.244. The average Bonchev–Trinajstić information content (AvgIpc) is 2.15. The van der Waals surface area contributed by atoms with Gasteiger partial charge in [0.2, 0.25) is 0 Å². The molecule has 1 atom stereocenters. The van der Waals surface area contributed by atoms with Crippen LogP contribution in [0.3, 0.4) is 0 Å². The topological polar surface area (TPSA) is 32.3 Å². The minimum atomic E-state index is -0.335. The summed E-state index contributed by atoms with van der Waals surface area (Å²) in [5.74, 6) is 0. The molecule has 1 rings (SSSR count). The molecule has 0 aliphatic rings. The first-order valence-electron chi connectivity index (χ1n) is 4.22. The van der Waals surface area contributed by atoms with Crippen LogP contribution in [0.4, 0.5) is 0 Å². The summed E-state index contributed by atoms with van der Waals surface area (Å²) in [5.41, 5.74) is 0.993. The number of hydrogen-bond acceptors (Lipinski definition) is 2. The van der Waals surface area contributed by atoms with Crippen LogP contribution in [-0.2, 0) is 32.7 Å². The monoisotopic (exact) mass is 254 g/mol. The summed E-state index contributed by atoms with van der Waals surface area (Å²) in [6.07, 6.45) is 0.430. The van der Waals surface area contributed by atoms with Gasteiger partial charge >= 0.3 is 0 Å². The van der Waals surface area contributed by atoms with Gasteiger partial charge in [0.05, 0.1) is 6.10 Å². The van der Waals surface area contributed by atoms with Crippen molar-refractivity contribution in [2.24, 2.45) is 0 Å². The molecule has 2 nitrogen and oxygen atoms in total. The molecule has 1 unspecified atom stereocenters. The minimum Gasteiger partial charge on any atom is -0.388 e. The Balaban J connectivity index is 0.00000144. The maximum atomic E-state index is 9.61. The van der Waals surface area contributed by atoms with Crippen LogP contribution in [0.1, 0.15) is 18.1 Å². The molecule has 1 radical (unpaired) electrons. The van der Waals surface area contributed by atoms with Crippen molar-refractivity contribution in [1.82, 2.24) is 5.32 Å². The first-order chi connectivity index (χ1) is 5.84. The third-order valence-corrected chi connectivity index (χ3v) is 1.85. The number of aliphatic hydroxyl groups excluding tert-OH is 1. The summed E-state index contributed by atoms with van der Waals surface area (Å²) < 4.78 is 0.